The Hall–Kier alpha value is -1.52. The summed E-state index contributed by atoms with van der Waals surface area (Å²) in [6, 6.07) is 7.17. The third-order valence-corrected chi connectivity index (χ3v) is 2.40. The average molecular weight is 285 g/mol. The molecule has 0 saturated carbocycles. The second-order valence-corrected chi connectivity index (χ2v) is 3.85. The Morgan fingerprint density at radius 2 is 2.11 bits per heavy atom. The molecule has 0 aliphatic rings. The van der Waals surface area contributed by atoms with Crippen molar-refractivity contribution in [1.29, 1.82) is 0 Å². The highest BCUT2D eigenvalue weighted by Gasteiger charge is 2.10. The Labute approximate surface area is 120 Å². The lowest BCUT2D eigenvalue weighted by Crippen LogP contribution is -2.25. The van der Waals surface area contributed by atoms with Crippen LogP contribution in [-0.2, 0) is 0 Å². The van der Waals surface area contributed by atoms with E-state index in [1.165, 1.54) is 0 Å². The molecule has 3 N–H and O–H groups in total. The molecule has 5 heteroatoms. The fraction of sp³-hybridized carbons (Fsp3) is 0.357. The molecule has 1 amide bonds. The summed E-state index contributed by atoms with van der Waals surface area (Å²) in [5, 5.41) is 2.85. The quantitative estimate of drug-likeness (QED) is 0.568. The third kappa shape index (κ3) is 6.27. The topological polar surface area (TPSA) is 64.3 Å². The Morgan fingerprint density at radius 3 is 2.79 bits per heavy atom. The Balaban J connectivity index is 0.00000324. The first-order chi connectivity index (χ1) is 8.79. The van der Waals surface area contributed by atoms with Crippen molar-refractivity contribution in [3.8, 4) is 5.75 Å². The van der Waals surface area contributed by atoms with Gasteiger partial charge in [-0.05, 0) is 31.5 Å². The van der Waals surface area contributed by atoms with Crippen LogP contribution >= 0.6 is 12.4 Å². The van der Waals surface area contributed by atoms with Crippen molar-refractivity contribution < 1.29 is 9.53 Å². The van der Waals surface area contributed by atoms with Gasteiger partial charge in [0.15, 0.2) is 0 Å². The minimum Gasteiger partial charge on any atom is -0.489 e. The van der Waals surface area contributed by atoms with Crippen molar-refractivity contribution >= 4 is 18.3 Å². The Morgan fingerprint density at radius 1 is 1.37 bits per heavy atom. The number of nitrogens with two attached hydrogens (primary N) is 1. The molecule has 106 valence electrons. The summed E-state index contributed by atoms with van der Waals surface area (Å²) in [5.41, 5.74) is 5.94. The summed E-state index contributed by atoms with van der Waals surface area (Å²) in [6.07, 6.45) is 3.45. The molecule has 0 aliphatic heterocycles. The lowest BCUT2D eigenvalue weighted by atomic mass is 10.2. The zero-order chi connectivity index (χ0) is 13.2. The summed E-state index contributed by atoms with van der Waals surface area (Å²) < 4.78 is 5.44. The van der Waals surface area contributed by atoms with E-state index in [4.69, 9.17) is 10.5 Å². The molecule has 0 spiro atoms. The van der Waals surface area contributed by atoms with Gasteiger partial charge in [-0.15, -0.1) is 12.4 Å². The van der Waals surface area contributed by atoms with Crippen LogP contribution in [0.25, 0.3) is 0 Å². The predicted molar refractivity (Wildman–Crippen MR) is 80.0 cm³/mol. The maximum Gasteiger partial charge on any atom is 0.255 e. The molecule has 0 radical (unpaired) electrons. The summed E-state index contributed by atoms with van der Waals surface area (Å²) >= 11 is 0. The summed E-state index contributed by atoms with van der Waals surface area (Å²) in [4.78, 5) is 11.9. The van der Waals surface area contributed by atoms with E-state index in [2.05, 4.69) is 11.9 Å². The number of benzene rings is 1. The first kappa shape index (κ1) is 17.5. The van der Waals surface area contributed by atoms with E-state index in [-0.39, 0.29) is 18.3 Å². The fourth-order valence-electron chi connectivity index (χ4n) is 1.50. The van der Waals surface area contributed by atoms with Crippen LogP contribution in [-0.4, -0.2) is 25.6 Å². The largest absolute Gasteiger partial charge is 0.489 e. The van der Waals surface area contributed by atoms with Gasteiger partial charge in [-0.25, -0.2) is 0 Å². The number of carbonyl (C=O) groups excluding carboxylic acids is 1. The molecule has 1 rings (SSSR count). The second kappa shape index (κ2) is 10.4. The number of hydrogen-bond acceptors (Lipinski definition) is 3. The molecular weight excluding hydrogens is 264 g/mol. The Bertz CT molecular complexity index is 397. The zero-order valence-electron chi connectivity index (χ0n) is 10.9. The number of amides is 1. The van der Waals surface area contributed by atoms with E-state index in [1.54, 1.807) is 18.2 Å². The number of halogens is 1. The van der Waals surface area contributed by atoms with Crippen LogP contribution in [0.2, 0.25) is 0 Å². The average Bonchev–Trinajstić information content (AvgIpc) is 2.41. The van der Waals surface area contributed by atoms with E-state index < -0.39 is 0 Å². The van der Waals surface area contributed by atoms with Crippen LogP contribution in [0.4, 0.5) is 0 Å². The minimum atomic E-state index is -0.119. The van der Waals surface area contributed by atoms with Gasteiger partial charge in [-0.2, -0.15) is 0 Å². The molecular formula is C14H21ClN2O2. The molecule has 0 unspecified atom stereocenters. The van der Waals surface area contributed by atoms with E-state index in [1.807, 2.05) is 12.1 Å². The maximum absolute atomic E-state index is 11.9. The highest BCUT2D eigenvalue weighted by atomic mass is 35.5. The predicted octanol–water partition coefficient (Wildman–Crippen LogP) is 2.14. The first-order valence-corrected chi connectivity index (χ1v) is 6.10. The van der Waals surface area contributed by atoms with Crippen LogP contribution < -0.4 is 15.8 Å². The monoisotopic (exact) mass is 284 g/mol. The number of unbranched alkanes of at least 4 members (excludes halogenated alkanes) is 1. The van der Waals surface area contributed by atoms with Crippen LogP contribution in [0.3, 0.4) is 0 Å². The van der Waals surface area contributed by atoms with Gasteiger partial charge in [0.25, 0.3) is 5.91 Å². The van der Waals surface area contributed by atoms with E-state index in [9.17, 15) is 4.79 Å². The van der Waals surface area contributed by atoms with Crippen molar-refractivity contribution in [2.24, 2.45) is 5.73 Å². The number of carbonyl (C=O) groups is 1. The number of nitrogens with one attached hydrogen (secondary N) is 1. The van der Waals surface area contributed by atoms with Gasteiger partial charge in [-0.3, -0.25) is 4.79 Å². The molecule has 19 heavy (non-hydrogen) atoms. The van der Waals surface area contributed by atoms with E-state index in [0.29, 0.717) is 31.0 Å². The normalized spacial score (nSPS) is 9.32. The summed E-state index contributed by atoms with van der Waals surface area (Å²) in [7, 11) is 0. The molecule has 0 aromatic heterocycles. The second-order valence-electron chi connectivity index (χ2n) is 3.85. The first-order valence-electron chi connectivity index (χ1n) is 6.10. The summed E-state index contributed by atoms with van der Waals surface area (Å²) in [6.45, 7) is 5.25. The number of rotatable bonds is 8. The maximum atomic E-state index is 11.9. The van der Waals surface area contributed by atoms with Gasteiger partial charge in [-0.1, -0.05) is 24.8 Å². The molecule has 0 aliphatic carbocycles. The third-order valence-electron chi connectivity index (χ3n) is 2.40. The highest BCUT2D eigenvalue weighted by molar-refractivity contribution is 5.96. The van der Waals surface area contributed by atoms with Gasteiger partial charge in [0.1, 0.15) is 12.4 Å². The van der Waals surface area contributed by atoms with E-state index in [0.717, 1.165) is 12.8 Å². The lowest BCUT2D eigenvalue weighted by Gasteiger charge is -2.10. The zero-order valence-corrected chi connectivity index (χ0v) is 11.7. The molecule has 0 atom stereocenters. The molecule has 1 aromatic carbocycles. The van der Waals surface area contributed by atoms with Gasteiger partial charge in [0.05, 0.1) is 5.56 Å². The number of hydrogen-bond donors (Lipinski definition) is 2. The van der Waals surface area contributed by atoms with Gasteiger partial charge in [0.2, 0.25) is 0 Å². The standard InChI is InChI=1S/C14H20N2O2.ClH/c1-2-11-18-13-8-4-3-7-12(13)14(17)16-10-6-5-9-15;/h2-4,7-8H,1,5-6,9-11,15H2,(H,16,17);1H. The van der Waals surface area contributed by atoms with Crippen molar-refractivity contribution in [3.05, 3.63) is 42.5 Å². The van der Waals surface area contributed by atoms with Crippen molar-refractivity contribution in [2.75, 3.05) is 19.7 Å². The van der Waals surface area contributed by atoms with Gasteiger partial charge < -0.3 is 15.8 Å². The molecule has 1 aromatic rings. The van der Waals surface area contributed by atoms with Gasteiger partial charge >= 0.3 is 0 Å². The van der Waals surface area contributed by atoms with Crippen molar-refractivity contribution in [3.63, 3.8) is 0 Å². The van der Waals surface area contributed by atoms with Crippen LogP contribution in [0, 0.1) is 0 Å². The van der Waals surface area contributed by atoms with Crippen molar-refractivity contribution in [1.82, 2.24) is 5.32 Å². The highest BCUT2D eigenvalue weighted by Crippen LogP contribution is 2.17. The Kier molecular flexibility index (Phi) is 9.57. The van der Waals surface area contributed by atoms with Crippen LogP contribution in [0.1, 0.15) is 23.2 Å². The van der Waals surface area contributed by atoms with Crippen molar-refractivity contribution in [2.45, 2.75) is 12.8 Å². The smallest absolute Gasteiger partial charge is 0.255 e. The number of para-hydroxylation sites is 1. The summed E-state index contributed by atoms with van der Waals surface area (Å²) in [5.74, 6) is 0.459. The van der Waals surface area contributed by atoms with Gasteiger partial charge in [0, 0.05) is 6.54 Å². The fourth-order valence-corrected chi connectivity index (χ4v) is 1.50. The van der Waals surface area contributed by atoms with E-state index >= 15 is 0 Å². The minimum absolute atomic E-state index is 0. The molecule has 0 bridgehead atoms. The van der Waals surface area contributed by atoms with Crippen LogP contribution in [0.15, 0.2) is 36.9 Å². The number of ether oxygens (including phenoxy) is 1. The van der Waals surface area contributed by atoms with Crippen LogP contribution in [0.5, 0.6) is 5.75 Å². The molecule has 0 heterocycles. The molecule has 0 fully saturated rings. The SMILES string of the molecule is C=CCOc1ccccc1C(=O)NCCCCN.Cl. The molecule has 4 nitrogen and oxygen atoms in total. The lowest BCUT2D eigenvalue weighted by molar-refractivity contribution is 0.0949. The molecule has 0 saturated heterocycles.